The van der Waals surface area contributed by atoms with Crippen LogP contribution in [0.5, 0.6) is 0 Å². The van der Waals surface area contributed by atoms with Crippen molar-refractivity contribution in [2.75, 3.05) is 6.61 Å². The molecule has 0 aromatic carbocycles. The molecule has 46 heavy (non-hydrogen) atoms. The molecule has 6 aliphatic rings. The Morgan fingerprint density at radius 3 is 2.33 bits per heavy atom. The fourth-order valence-electron chi connectivity index (χ4n) is 11.4. The fourth-order valence-corrected chi connectivity index (χ4v) is 11.4. The highest BCUT2D eigenvalue weighted by atomic mass is 16.7. The number of hydrogen-bond donors (Lipinski definition) is 7. The van der Waals surface area contributed by atoms with Gasteiger partial charge in [0.25, 0.3) is 0 Å². The normalized spacial score (nSPS) is 51.1. The molecule has 3 saturated heterocycles. The number of hydrogen-bond acceptors (Lipinski definition) is 10. The third kappa shape index (κ3) is 5.03. The Labute approximate surface area is 274 Å². The Morgan fingerprint density at radius 2 is 1.65 bits per heavy atom. The van der Waals surface area contributed by atoms with E-state index in [0.29, 0.717) is 24.7 Å². The van der Waals surface area contributed by atoms with E-state index in [1.165, 1.54) is 5.57 Å². The highest BCUT2D eigenvalue weighted by Crippen LogP contribution is 2.72. The van der Waals surface area contributed by atoms with Gasteiger partial charge in [-0.1, -0.05) is 46.3 Å². The van der Waals surface area contributed by atoms with Crippen LogP contribution in [0.3, 0.4) is 0 Å². The van der Waals surface area contributed by atoms with Crippen LogP contribution in [0.25, 0.3) is 0 Å². The minimum Gasteiger partial charge on any atom is -0.394 e. The third-order valence-electron chi connectivity index (χ3n) is 14.7. The van der Waals surface area contributed by atoms with Gasteiger partial charge in [0.15, 0.2) is 6.29 Å². The van der Waals surface area contributed by atoms with Crippen molar-refractivity contribution < 1.29 is 50.0 Å². The van der Waals surface area contributed by atoms with Gasteiger partial charge in [0.1, 0.15) is 30.0 Å². The van der Waals surface area contributed by atoms with Gasteiger partial charge in [-0.3, -0.25) is 0 Å². The van der Waals surface area contributed by atoms with Crippen LogP contribution in [-0.2, 0) is 14.2 Å². The molecule has 6 rings (SSSR count). The van der Waals surface area contributed by atoms with Gasteiger partial charge >= 0.3 is 0 Å². The zero-order chi connectivity index (χ0) is 33.8. The molecule has 1 spiro atoms. The van der Waals surface area contributed by atoms with Crippen molar-refractivity contribution >= 4 is 0 Å². The Bertz CT molecular complexity index is 1170. The number of aliphatic hydroxyl groups excluding tert-OH is 7. The molecule has 0 radical (unpaired) electrons. The molecule has 16 atom stereocenters. The Kier molecular flexibility index (Phi) is 8.95. The van der Waals surface area contributed by atoms with E-state index in [-0.39, 0.29) is 34.2 Å². The van der Waals surface area contributed by atoms with Crippen molar-refractivity contribution in [1.82, 2.24) is 0 Å². The van der Waals surface area contributed by atoms with Crippen molar-refractivity contribution in [3.63, 3.8) is 0 Å². The van der Waals surface area contributed by atoms with Crippen LogP contribution in [-0.4, -0.2) is 109 Å². The smallest absolute Gasteiger partial charge is 0.187 e. The van der Waals surface area contributed by atoms with E-state index < -0.39 is 66.8 Å². The van der Waals surface area contributed by atoms with Crippen LogP contribution in [0.4, 0.5) is 0 Å². The Morgan fingerprint density at radius 1 is 0.957 bits per heavy atom. The summed E-state index contributed by atoms with van der Waals surface area (Å²) in [6.45, 7) is 14.4. The van der Waals surface area contributed by atoms with Crippen molar-refractivity contribution in [3.8, 4) is 0 Å². The van der Waals surface area contributed by atoms with Gasteiger partial charge in [-0.25, -0.2) is 0 Å². The summed E-state index contributed by atoms with van der Waals surface area (Å²) in [5.74, 6) is 1.17. The monoisotopic (exact) mass is 652 g/mol. The molecular weight excluding hydrogens is 592 g/mol. The van der Waals surface area contributed by atoms with Crippen molar-refractivity contribution in [1.29, 1.82) is 0 Å². The summed E-state index contributed by atoms with van der Waals surface area (Å²) in [6, 6.07) is 0. The van der Waals surface area contributed by atoms with Crippen LogP contribution in [0.1, 0.15) is 99.8 Å². The topological polar surface area (TPSA) is 169 Å². The number of rotatable bonds is 8. The second-order valence-electron chi connectivity index (χ2n) is 17.6. The molecule has 10 heteroatoms. The number of aliphatic hydroxyl groups is 7. The molecule has 3 aliphatic carbocycles. The highest BCUT2D eigenvalue weighted by Gasteiger charge is 2.71. The van der Waals surface area contributed by atoms with E-state index in [9.17, 15) is 35.7 Å². The van der Waals surface area contributed by atoms with Crippen LogP contribution in [0, 0.1) is 39.9 Å². The number of ether oxygens (including phenoxy) is 3. The zero-order valence-corrected chi connectivity index (χ0v) is 28.8. The van der Waals surface area contributed by atoms with Crippen LogP contribution < -0.4 is 0 Å². The minimum atomic E-state index is -1.54. The van der Waals surface area contributed by atoms with E-state index in [4.69, 9.17) is 14.2 Å². The van der Waals surface area contributed by atoms with Gasteiger partial charge in [-0.15, -0.1) is 0 Å². The van der Waals surface area contributed by atoms with Gasteiger partial charge in [-0.2, -0.15) is 0 Å². The lowest BCUT2D eigenvalue weighted by atomic mass is 9.50. The quantitative estimate of drug-likeness (QED) is 0.193. The van der Waals surface area contributed by atoms with Crippen LogP contribution in [0.15, 0.2) is 11.6 Å². The zero-order valence-electron chi connectivity index (χ0n) is 28.8. The molecule has 10 nitrogen and oxygen atoms in total. The summed E-state index contributed by atoms with van der Waals surface area (Å²) in [5.41, 5.74) is -0.520. The minimum absolute atomic E-state index is 0.0325. The molecule has 7 N–H and O–H groups in total. The number of allylic oxidation sites excluding steroid dienone is 1. The fraction of sp³-hybridized carbons (Fsp3) is 0.944. The molecular formula is C36H60O10. The van der Waals surface area contributed by atoms with Crippen molar-refractivity contribution in [2.24, 2.45) is 39.9 Å². The molecule has 5 fully saturated rings. The molecule has 0 aromatic rings. The molecule has 0 unspecified atom stereocenters. The van der Waals surface area contributed by atoms with E-state index in [2.05, 4.69) is 40.7 Å². The summed E-state index contributed by atoms with van der Waals surface area (Å²) in [5, 5.41) is 73.8. The summed E-state index contributed by atoms with van der Waals surface area (Å²) in [4.78, 5) is 0. The Balaban J connectivity index is 1.13. The summed E-state index contributed by atoms with van der Waals surface area (Å²) < 4.78 is 18.5. The first-order chi connectivity index (χ1) is 21.3. The second-order valence-corrected chi connectivity index (χ2v) is 17.6. The van der Waals surface area contributed by atoms with Gasteiger partial charge in [0, 0.05) is 24.7 Å². The first kappa shape index (κ1) is 35.2. The largest absolute Gasteiger partial charge is 0.394 e. The maximum atomic E-state index is 11.3. The van der Waals surface area contributed by atoms with Crippen LogP contribution >= 0.6 is 0 Å². The third-order valence-corrected chi connectivity index (χ3v) is 14.7. The predicted octanol–water partition coefficient (Wildman–Crippen LogP) is 2.43. The van der Waals surface area contributed by atoms with E-state index in [1.807, 2.05) is 0 Å². The SMILES string of the molecule is C[C@H](CC[C@H](O)C(C)(C)O[C@@H]1O[C@H](CO)[C@@H](O)[C@H](O)[C@H]1O)[C@H]1CC[C@@]2(C)[C@H]3C(=CC[C@]12C)C[C@]12O[C@H]3C[C@H]1C(C)(C)[C@H](O)C[C@@H]2O. The lowest BCUT2D eigenvalue weighted by Crippen LogP contribution is -2.62. The summed E-state index contributed by atoms with van der Waals surface area (Å²) in [6.07, 6.45) is -0.0864. The van der Waals surface area contributed by atoms with Crippen molar-refractivity contribution in [2.45, 2.75) is 166 Å². The molecule has 0 aromatic heterocycles. The first-order valence-corrected chi connectivity index (χ1v) is 17.7. The van der Waals surface area contributed by atoms with Gasteiger partial charge < -0.3 is 50.0 Å². The maximum Gasteiger partial charge on any atom is 0.187 e. The Hall–Kier alpha value is -0.660. The predicted molar refractivity (Wildman–Crippen MR) is 169 cm³/mol. The first-order valence-electron chi connectivity index (χ1n) is 17.7. The lowest BCUT2D eigenvalue weighted by Gasteiger charge is -2.59. The van der Waals surface area contributed by atoms with Gasteiger partial charge in [0.2, 0.25) is 0 Å². The van der Waals surface area contributed by atoms with Gasteiger partial charge in [0.05, 0.1) is 36.6 Å². The van der Waals surface area contributed by atoms with E-state index >= 15 is 0 Å². The molecule has 0 amide bonds. The molecule has 3 aliphatic heterocycles. The van der Waals surface area contributed by atoms with E-state index in [1.54, 1.807) is 13.8 Å². The average molecular weight is 653 g/mol. The second kappa shape index (κ2) is 11.7. The van der Waals surface area contributed by atoms with Crippen LogP contribution in [0.2, 0.25) is 0 Å². The van der Waals surface area contributed by atoms with E-state index in [0.717, 1.165) is 38.5 Å². The lowest BCUT2D eigenvalue weighted by molar-refractivity contribution is -0.331. The maximum absolute atomic E-state index is 11.3. The molecule has 3 heterocycles. The molecule has 264 valence electrons. The summed E-state index contributed by atoms with van der Waals surface area (Å²) in [7, 11) is 0. The average Bonchev–Trinajstić information content (AvgIpc) is 3.46. The highest BCUT2D eigenvalue weighted by molar-refractivity contribution is 5.33. The molecule has 2 bridgehead atoms. The van der Waals surface area contributed by atoms with Gasteiger partial charge in [-0.05, 0) is 80.5 Å². The molecule has 2 saturated carbocycles. The van der Waals surface area contributed by atoms with Crippen molar-refractivity contribution in [3.05, 3.63) is 11.6 Å². The summed E-state index contributed by atoms with van der Waals surface area (Å²) >= 11 is 0. The number of fused-ring (bicyclic) bond motifs is 5. The standard InChI is InChI=1S/C36H60O10/c1-18(8-9-24(38)33(4,5)46-31-30(43)29(42)28(41)22(17-37)44-31)20-11-13-35(7)27-19(10-12-34(20,35)6)16-36-23(14-21(27)45-36)32(2,3)25(39)15-26(36)40/h10,18,20-31,37-43H,8-9,11-17H2,1-7H3/t18-,20-,21+,22-,23+,24+,25-,26+,27+,28-,29+,30-,31+,34-,35+,36+/m1/s1.